The molecule has 20 heavy (non-hydrogen) atoms. The Morgan fingerprint density at radius 2 is 1.30 bits per heavy atom. The second kappa shape index (κ2) is 8.11. The van der Waals surface area contributed by atoms with Crippen LogP contribution < -0.4 is 4.72 Å². The van der Waals surface area contributed by atoms with Crippen molar-refractivity contribution in [1.82, 2.24) is 4.72 Å². The van der Waals surface area contributed by atoms with E-state index in [1.54, 1.807) is 0 Å². The molecule has 0 unspecified atom stereocenters. The maximum atomic E-state index is 12.6. The van der Waals surface area contributed by atoms with E-state index < -0.39 is 28.0 Å². The fourth-order valence-electron chi connectivity index (χ4n) is 1.53. The van der Waals surface area contributed by atoms with Gasteiger partial charge < -0.3 is 0 Å². The summed E-state index contributed by atoms with van der Waals surface area (Å²) < 4.78 is 84.1. The number of sulfonamides is 1. The Balaban J connectivity index is 4.01. The topological polar surface area (TPSA) is 46.2 Å². The van der Waals surface area contributed by atoms with Gasteiger partial charge in [0.2, 0.25) is 0 Å². The summed E-state index contributed by atoms with van der Waals surface area (Å²) in [5, 5.41) is -5.76. The zero-order chi connectivity index (χ0) is 15.9. The molecule has 0 aliphatic carbocycles. The average molecular weight is 325 g/mol. The Bertz CT molecular complexity index is 367. The summed E-state index contributed by atoms with van der Waals surface area (Å²) in [6, 6.07) is 0. The van der Waals surface area contributed by atoms with E-state index in [1.165, 1.54) is 4.72 Å². The Labute approximate surface area is 116 Å². The van der Waals surface area contributed by atoms with Gasteiger partial charge in [-0.1, -0.05) is 45.4 Å². The van der Waals surface area contributed by atoms with Gasteiger partial charge in [-0.2, -0.15) is 22.0 Å². The van der Waals surface area contributed by atoms with Crippen molar-refractivity contribution in [3.8, 4) is 0 Å². The minimum atomic E-state index is -6.11. The first kappa shape index (κ1) is 19.6. The number of halogens is 5. The quantitative estimate of drug-likeness (QED) is 0.490. The molecule has 3 nitrogen and oxygen atoms in total. The van der Waals surface area contributed by atoms with Gasteiger partial charge in [-0.05, 0) is 6.42 Å². The van der Waals surface area contributed by atoms with Crippen molar-refractivity contribution in [2.75, 3.05) is 6.54 Å². The summed E-state index contributed by atoms with van der Waals surface area (Å²) in [5.41, 5.74) is 0. The maximum Gasteiger partial charge on any atom is 0.470 e. The standard InChI is InChI=1S/C11H20F5NO2S/c1-2-3-4-5-6-7-8-9-17-20(18,19)11(15,16)10(12,13)14/h17H,2-9H2,1H3. The largest absolute Gasteiger partial charge is 0.470 e. The Hall–Kier alpha value is -0.440. The van der Waals surface area contributed by atoms with E-state index in [-0.39, 0.29) is 6.42 Å². The molecule has 0 fully saturated rings. The highest BCUT2D eigenvalue weighted by Gasteiger charge is 2.67. The van der Waals surface area contributed by atoms with Gasteiger partial charge in [0, 0.05) is 6.54 Å². The van der Waals surface area contributed by atoms with Crippen molar-refractivity contribution >= 4 is 10.0 Å². The molecule has 0 saturated heterocycles. The van der Waals surface area contributed by atoms with Gasteiger partial charge in [-0.15, -0.1) is 0 Å². The van der Waals surface area contributed by atoms with Crippen LogP contribution in [-0.4, -0.2) is 26.4 Å². The van der Waals surface area contributed by atoms with Crippen molar-refractivity contribution in [2.24, 2.45) is 0 Å². The summed E-state index contributed by atoms with van der Waals surface area (Å²) in [6.45, 7) is 1.64. The molecule has 1 N–H and O–H groups in total. The van der Waals surface area contributed by atoms with E-state index in [0.29, 0.717) is 6.42 Å². The molecular weight excluding hydrogens is 305 g/mol. The molecule has 0 aliphatic heterocycles. The molecule has 0 heterocycles. The maximum absolute atomic E-state index is 12.6. The predicted molar refractivity (Wildman–Crippen MR) is 65.9 cm³/mol. The van der Waals surface area contributed by atoms with E-state index >= 15 is 0 Å². The van der Waals surface area contributed by atoms with Crippen LogP contribution in [0.1, 0.15) is 51.9 Å². The van der Waals surface area contributed by atoms with Crippen LogP contribution in [0.2, 0.25) is 0 Å². The normalized spacial score (nSPS) is 13.7. The highest BCUT2D eigenvalue weighted by atomic mass is 32.2. The van der Waals surface area contributed by atoms with Crippen LogP contribution in [0, 0.1) is 0 Å². The number of hydrogen-bond donors (Lipinski definition) is 1. The van der Waals surface area contributed by atoms with Crippen molar-refractivity contribution in [3.05, 3.63) is 0 Å². The predicted octanol–water partition coefficient (Wildman–Crippen LogP) is 3.81. The molecule has 0 amide bonds. The fourth-order valence-corrected chi connectivity index (χ4v) is 2.43. The molecule has 0 saturated carbocycles. The molecule has 122 valence electrons. The number of unbranched alkanes of at least 4 members (excludes halogenated alkanes) is 6. The summed E-state index contributed by atoms with van der Waals surface area (Å²) in [6.07, 6.45) is -0.343. The molecule has 0 bridgehead atoms. The number of rotatable bonds is 10. The fraction of sp³-hybridized carbons (Fsp3) is 1.00. The van der Waals surface area contributed by atoms with Gasteiger partial charge in [0.1, 0.15) is 0 Å². The lowest BCUT2D eigenvalue weighted by atomic mass is 10.1. The van der Waals surface area contributed by atoms with Gasteiger partial charge in [0.15, 0.2) is 0 Å². The number of nitrogens with one attached hydrogen (secondary N) is 1. The monoisotopic (exact) mass is 325 g/mol. The van der Waals surface area contributed by atoms with Gasteiger partial charge in [-0.3, -0.25) is 0 Å². The third-order valence-electron chi connectivity index (χ3n) is 2.74. The Morgan fingerprint density at radius 3 is 1.75 bits per heavy atom. The Kier molecular flexibility index (Phi) is 7.93. The zero-order valence-electron chi connectivity index (χ0n) is 11.3. The second-order valence-corrected chi connectivity index (χ2v) is 6.34. The van der Waals surface area contributed by atoms with Crippen LogP contribution in [-0.2, 0) is 10.0 Å². The molecule has 0 radical (unpaired) electrons. The molecule has 0 atom stereocenters. The van der Waals surface area contributed by atoms with Crippen LogP contribution in [0.3, 0.4) is 0 Å². The first-order valence-electron chi connectivity index (χ1n) is 6.50. The summed E-state index contributed by atoms with van der Waals surface area (Å²) in [4.78, 5) is 0. The summed E-state index contributed by atoms with van der Waals surface area (Å²) in [5.74, 6) is 0. The Morgan fingerprint density at radius 1 is 0.850 bits per heavy atom. The lowest BCUT2D eigenvalue weighted by Gasteiger charge is -2.19. The van der Waals surface area contributed by atoms with E-state index in [4.69, 9.17) is 0 Å². The van der Waals surface area contributed by atoms with Crippen LogP contribution in [0.25, 0.3) is 0 Å². The lowest BCUT2D eigenvalue weighted by Crippen LogP contribution is -2.50. The summed E-state index contributed by atoms with van der Waals surface area (Å²) >= 11 is 0. The van der Waals surface area contributed by atoms with Crippen molar-refractivity contribution in [1.29, 1.82) is 0 Å². The van der Waals surface area contributed by atoms with Gasteiger partial charge in [0.25, 0.3) is 10.0 Å². The first-order valence-corrected chi connectivity index (χ1v) is 7.98. The van der Waals surface area contributed by atoms with Crippen molar-refractivity contribution < 1.29 is 30.4 Å². The van der Waals surface area contributed by atoms with Gasteiger partial charge >= 0.3 is 11.4 Å². The van der Waals surface area contributed by atoms with Crippen LogP contribution in [0.5, 0.6) is 0 Å². The van der Waals surface area contributed by atoms with Crippen LogP contribution in [0.4, 0.5) is 22.0 Å². The molecule has 0 spiro atoms. The molecule has 9 heteroatoms. The molecular formula is C11H20F5NO2S. The van der Waals surface area contributed by atoms with E-state index in [1.807, 2.05) is 0 Å². The first-order chi connectivity index (χ1) is 9.06. The molecule has 0 aromatic carbocycles. The highest BCUT2D eigenvalue weighted by Crippen LogP contribution is 2.39. The van der Waals surface area contributed by atoms with Crippen molar-refractivity contribution in [3.63, 3.8) is 0 Å². The third-order valence-corrected chi connectivity index (χ3v) is 4.23. The summed E-state index contributed by atoms with van der Waals surface area (Å²) in [7, 11) is -5.73. The molecule has 0 aromatic heterocycles. The van der Waals surface area contributed by atoms with Crippen LogP contribution in [0.15, 0.2) is 0 Å². The van der Waals surface area contributed by atoms with Gasteiger partial charge in [-0.25, -0.2) is 13.1 Å². The van der Waals surface area contributed by atoms with Crippen LogP contribution >= 0.6 is 0 Å². The SMILES string of the molecule is CCCCCCCCCNS(=O)(=O)C(F)(F)C(F)(F)F. The van der Waals surface area contributed by atoms with E-state index in [9.17, 15) is 30.4 Å². The average Bonchev–Trinajstić information content (AvgIpc) is 2.31. The van der Waals surface area contributed by atoms with E-state index in [2.05, 4.69) is 6.92 Å². The number of alkyl halides is 5. The molecule has 0 aromatic rings. The van der Waals surface area contributed by atoms with Gasteiger partial charge in [0.05, 0.1) is 0 Å². The minimum Gasteiger partial charge on any atom is -0.210 e. The highest BCUT2D eigenvalue weighted by molar-refractivity contribution is 7.90. The molecule has 0 aliphatic rings. The third kappa shape index (κ3) is 5.90. The molecule has 0 rings (SSSR count). The smallest absolute Gasteiger partial charge is 0.210 e. The minimum absolute atomic E-state index is 0.235. The lowest BCUT2D eigenvalue weighted by molar-refractivity contribution is -0.241. The second-order valence-electron chi connectivity index (χ2n) is 4.53. The number of hydrogen-bond acceptors (Lipinski definition) is 2. The zero-order valence-corrected chi connectivity index (χ0v) is 12.1. The van der Waals surface area contributed by atoms with E-state index in [0.717, 1.165) is 32.1 Å². The van der Waals surface area contributed by atoms with Crippen molar-refractivity contribution in [2.45, 2.75) is 63.3 Å².